The van der Waals surface area contributed by atoms with Crippen LogP contribution in [0.3, 0.4) is 0 Å². The minimum Gasteiger partial charge on any atom is -0.229 e. The van der Waals surface area contributed by atoms with Crippen LogP contribution < -0.4 is 4.90 Å². The zero-order valence-corrected chi connectivity index (χ0v) is 34.7. The van der Waals surface area contributed by atoms with E-state index >= 15 is 0 Å². The zero-order valence-electron chi connectivity index (χ0n) is 34.7. The van der Waals surface area contributed by atoms with E-state index in [0.29, 0.717) is 0 Å². The summed E-state index contributed by atoms with van der Waals surface area (Å²) in [4.78, 5) is 2.63. The van der Waals surface area contributed by atoms with Crippen LogP contribution in [0.4, 0.5) is 11.4 Å². The lowest BCUT2D eigenvalue weighted by Gasteiger charge is -2.29. The average molecular weight is 724 g/mol. The predicted molar refractivity (Wildman–Crippen MR) is 235 cm³/mol. The monoisotopic (exact) mass is 723 g/mol. The zero-order chi connectivity index (χ0) is 39.0. The molecule has 0 N–H and O–H groups in total. The van der Waals surface area contributed by atoms with Gasteiger partial charge in [-0.05, 0) is 97.2 Å². The first kappa shape index (κ1) is 38.1. The maximum Gasteiger partial charge on any atom is 0.244 e. The lowest BCUT2D eigenvalue weighted by atomic mass is 9.78. The average Bonchev–Trinajstić information content (AvgIpc) is 3.72. The molecule has 1 heterocycles. The van der Waals surface area contributed by atoms with Crippen molar-refractivity contribution in [3.05, 3.63) is 199 Å². The van der Waals surface area contributed by atoms with Gasteiger partial charge in [-0.3, -0.25) is 0 Å². The van der Waals surface area contributed by atoms with Crippen LogP contribution in [0.15, 0.2) is 121 Å². The Balaban J connectivity index is 1.52. The Hall–Kier alpha value is -5.21. The molecule has 0 unspecified atom stereocenters. The Morgan fingerprint density at radius 2 is 0.691 bits per heavy atom. The van der Waals surface area contributed by atoms with E-state index in [1.54, 1.807) is 0 Å². The number of nitrogens with zero attached hydrogens (tertiary/aromatic N) is 2. The highest BCUT2D eigenvalue weighted by Gasteiger charge is 2.37. The summed E-state index contributed by atoms with van der Waals surface area (Å²) in [6.07, 6.45) is 2.48. The molecule has 55 heavy (non-hydrogen) atoms. The third-order valence-corrected chi connectivity index (χ3v) is 13.3. The maximum absolute atomic E-state index is 2.63. The molecule has 0 spiro atoms. The lowest BCUT2D eigenvalue weighted by Crippen LogP contribution is -2.25. The molecule has 6 aromatic rings. The van der Waals surface area contributed by atoms with Gasteiger partial charge in [-0.1, -0.05) is 149 Å². The SMILES string of the molecule is Cc1c(C)c([C@H](C)c2ccccc2)c(N2C=[N+](c3c([C@H](C)c4ccccc4)c(C)c(C)c(C)c3[C@H](C)c3ccccc3)CC2)c([C@H](C)c2ccccc2)c1C. The quantitative estimate of drug-likeness (QED) is 0.128. The summed E-state index contributed by atoms with van der Waals surface area (Å²) in [7, 11) is 0. The summed E-state index contributed by atoms with van der Waals surface area (Å²) in [6, 6.07) is 44.4. The minimum absolute atomic E-state index is 0.228. The summed E-state index contributed by atoms with van der Waals surface area (Å²) < 4.78 is 2.63. The molecule has 0 fully saturated rings. The highest BCUT2D eigenvalue weighted by atomic mass is 15.3. The van der Waals surface area contributed by atoms with Crippen LogP contribution in [0.25, 0.3) is 0 Å². The molecule has 0 saturated carbocycles. The van der Waals surface area contributed by atoms with E-state index in [1.165, 1.54) is 89.3 Å². The van der Waals surface area contributed by atoms with Crippen LogP contribution in [-0.2, 0) is 0 Å². The molecule has 1 aliphatic rings. The summed E-state index contributed by atoms with van der Waals surface area (Å²) in [5, 5.41) is 0. The third-order valence-electron chi connectivity index (χ3n) is 13.3. The van der Waals surface area contributed by atoms with Crippen molar-refractivity contribution in [2.45, 2.75) is 92.9 Å². The Bertz CT molecular complexity index is 2180. The summed E-state index contributed by atoms with van der Waals surface area (Å²) >= 11 is 0. The van der Waals surface area contributed by atoms with Crippen LogP contribution in [-0.4, -0.2) is 24.0 Å². The van der Waals surface area contributed by atoms with Crippen molar-refractivity contribution in [2.24, 2.45) is 0 Å². The van der Waals surface area contributed by atoms with E-state index < -0.39 is 0 Å². The smallest absolute Gasteiger partial charge is 0.229 e. The van der Waals surface area contributed by atoms with Crippen LogP contribution in [0, 0.1) is 41.5 Å². The van der Waals surface area contributed by atoms with Crippen molar-refractivity contribution < 1.29 is 4.58 Å². The first-order valence-corrected chi connectivity index (χ1v) is 20.4. The molecule has 1 aliphatic heterocycles. The molecule has 4 atom stereocenters. The van der Waals surface area contributed by atoms with Gasteiger partial charge in [-0.15, -0.1) is 0 Å². The summed E-state index contributed by atoms with van der Waals surface area (Å²) in [6.45, 7) is 25.6. The van der Waals surface area contributed by atoms with Gasteiger partial charge in [-0.25, -0.2) is 9.48 Å². The minimum atomic E-state index is 0.228. The fourth-order valence-corrected chi connectivity index (χ4v) is 9.58. The van der Waals surface area contributed by atoms with Gasteiger partial charge in [0.15, 0.2) is 0 Å². The van der Waals surface area contributed by atoms with Crippen molar-refractivity contribution in [3.8, 4) is 0 Å². The second kappa shape index (κ2) is 15.9. The van der Waals surface area contributed by atoms with Crippen molar-refractivity contribution in [2.75, 3.05) is 18.0 Å². The fourth-order valence-electron chi connectivity index (χ4n) is 9.58. The molecule has 2 heteroatoms. The molecular formula is C53H59N2+. The van der Waals surface area contributed by atoms with Crippen LogP contribution in [0.1, 0.15) is 129 Å². The molecule has 0 bridgehead atoms. The third kappa shape index (κ3) is 6.97. The van der Waals surface area contributed by atoms with Gasteiger partial charge in [0.1, 0.15) is 24.5 Å². The molecule has 280 valence electrons. The van der Waals surface area contributed by atoms with Crippen molar-refractivity contribution in [1.29, 1.82) is 0 Å². The number of hydrogen-bond acceptors (Lipinski definition) is 1. The highest BCUT2D eigenvalue weighted by molar-refractivity contribution is 5.86. The molecular weight excluding hydrogens is 665 g/mol. The van der Waals surface area contributed by atoms with Gasteiger partial charge in [-0.2, -0.15) is 0 Å². The van der Waals surface area contributed by atoms with Crippen molar-refractivity contribution >= 4 is 17.7 Å². The van der Waals surface area contributed by atoms with Crippen LogP contribution >= 0.6 is 0 Å². The van der Waals surface area contributed by atoms with Gasteiger partial charge in [0, 0.05) is 45.9 Å². The summed E-state index contributed by atoms with van der Waals surface area (Å²) in [5.74, 6) is 0.911. The number of rotatable bonds is 10. The van der Waals surface area contributed by atoms with E-state index in [2.05, 4.69) is 206 Å². The van der Waals surface area contributed by atoms with Crippen LogP contribution in [0.5, 0.6) is 0 Å². The topological polar surface area (TPSA) is 6.25 Å². The molecule has 0 radical (unpaired) electrons. The second-order valence-electron chi connectivity index (χ2n) is 16.1. The second-order valence-corrected chi connectivity index (χ2v) is 16.1. The van der Waals surface area contributed by atoms with Gasteiger partial charge >= 0.3 is 0 Å². The number of anilines is 1. The predicted octanol–water partition coefficient (Wildman–Crippen LogP) is 13.3. The number of hydrogen-bond donors (Lipinski definition) is 0. The molecule has 7 rings (SSSR count). The van der Waals surface area contributed by atoms with E-state index in [4.69, 9.17) is 0 Å². The highest BCUT2D eigenvalue weighted by Crippen LogP contribution is 2.48. The van der Waals surface area contributed by atoms with Gasteiger partial charge in [0.2, 0.25) is 6.34 Å². The van der Waals surface area contributed by atoms with E-state index in [0.717, 1.165) is 13.1 Å². The summed E-state index contributed by atoms with van der Waals surface area (Å²) in [5.41, 5.74) is 22.4. The van der Waals surface area contributed by atoms with Crippen molar-refractivity contribution in [1.82, 2.24) is 0 Å². The van der Waals surface area contributed by atoms with Crippen molar-refractivity contribution in [3.63, 3.8) is 0 Å². The number of benzene rings is 6. The van der Waals surface area contributed by atoms with E-state index in [-0.39, 0.29) is 23.7 Å². The Kier molecular flexibility index (Phi) is 11.0. The van der Waals surface area contributed by atoms with Crippen LogP contribution in [0.2, 0.25) is 0 Å². The Morgan fingerprint density at radius 3 is 1.02 bits per heavy atom. The normalized spacial score (nSPS) is 15.1. The largest absolute Gasteiger partial charge is 0.244 e. The molecule has 0 saturated heterocycles. The molecule has 0 aliphatic carbocycles. The maximum atomic E-state index is 2.63. The van der Waals surface area contributed by atoms with Gasteiger partial charge in [0.25, 0.3) is 0 Å². The van der Waals surface area contributed by atoms with E-state index in [1.807, 2.05) is 0 Å². The molecule has 6 aromatic carbocycles. The van der Waals surface area contributed by atoms with Gasteiger partial charge in [0.05, 0.1) is 0 Å². The molecule has 2 nitrogen and oxygen atoms in total. The Morgan fingerprint density at radius 1 is 0.400 bits per heavy atom. The lowest BCUT2D eigenvalue weighted by molar-refractivity contribution is -0.425. The fraction of sp³-hybridized carbons (Fsp3) is 0.302. The molecule has 0 amide bonds. The molecule has 0 aromatic heterocycles. The van der Waals surface area contributed by atoms with Gasteiger partial charge < -0.3 is 0 Å². The first-order valence-electron chi connectivity index (χ1n) is 20.4. The first-order chi connectivity index (χ1) is 26.5. The van der Waals surface area contributed by atoms with E-state index in [9.17, 15) is 0 Å². The Labute approximate surface area is 331 Å². The standard InChI is InChI=1S/C53H59N2/c1-34-36(3)48(40(7)44-23-15-11-16-24-44)52(49(37(34)4)41(8)45-25-17-12-18-26-45)54-31-32-55(33-54)53-50(42(9)46-27-19-13-20-28-46)38(5)35(2)39(6)51(53)43(10)47-29-21-14-22-30-47/h11-30,33,40-43H,31-32H2,1-10H3/q+1/t40-,41-,42-,43-/m1/s1.